The molecule has 0 aliphatic heterocycles. The van der Waals surface area contributed by atoms with Crippen molar-refractivity contribution < 1.29 is 0 Å². The van der Waals surface area contributed by atoms with Crippen LogP contribution in [0.25, 0.3) is 11.1 Å². The zero-order valence-electron chi connectivity index (χ0n) is 16.6. The third-order valence-electron chi connectivity index (χ3n) is 5.16. The zero-order valence-corrected chi connectivity index (χ0v) is 19.8. The molecule has 1 saturated carbocycles. The summed E-state index contributed by atoms with van der Waals surface area (Å²) in [7, 11) is 0. The Labute approximate surface area is 186 Å². The van der Waals surface area contributed by atoms with Crippen LogP contribution in [0.2, 0.25) is 0 Å². The smallest absolute Gasteiger partial charge is 0.0175 e. The number of rotatable bonds is 4. The molecule has 2 aromatic rings. The van der Waals surface area contributed by atoms with Gasteiger partial charge in [0, 0.05) is 31.2 Å². The van der Waals surface area contributed by atoms with Crippen LogP contribution in [-0.2, 0) is 0 Å². The van der Waals surface area contributed by atoms with E-state index in [0.29, 0.717) is 0 Å². The minimum atomic E-state index is 0.982. The Balaban J connectivity index is 2.12. The monoisotopic (exact) mass is 496 g/mol. The Morgan fingerprint density at radius 2 is 1.04 bits per heavy atom. The van der Waals surface area contributed by atoms with E-state index in [0.717, 1.165) is 34.6 Å². The summed E-state index contributed by atoms with van der Waals surface area (Å²) in [5.41, 5.74) is 15.3. The van der Waals surface area contributed by atoms with Gasteiger partial charge in [-0.15, -0.1) is 11.5 Å². The van der Waals surface area contributed by atoms with Crippen LogP contribution in [0.3, 0.4) is 0 Å². The lowest BCUT2D eigenvalue weighted by Gasteiger charge is -2.16. The van der Waals surface area contributed by atoms with Gasteiger partial charge in [0.2, 0.25) is 0 Å². The number of halogens is 2. The van der Waals surface area contributed by atoms with E-state index < -0.39 is 0 Å². The Hall–Kier alpha value is -1.56. The Bertz CT molecular complexity index is 865. The van der Waals surface area contributed by atoms with E-state index in [4.69, 9.17) is 0 Å². The maximum Gasteiger partial charge on any atom is 0.0175 e. The fourth-order valence-corrected chi connectivity index (χ4v) is 4.11. The van der Waals surface area contributed by atoms with Crippen molar-refractivity contribution in [2.45, 2.75) is 52.4 Å². The molecule has 1 aliphatic carbocycles. The second-order valence-corrected chi connectivity index (χ2v) is 8.92. The van der Waals surface area contributed by atoms with Gasteiger partial charge in [0.05, 0.1) is 0 Å². The van der Waals surface area contributed by atoms with Crippen molar-refractivity contribution in [1.82, 2.24) is 0 Å². The molecule has 2 aromatic carbocycles. The van der Waals surface area contributed by atoms with Crippen molar-refractivity contribution in [1.29, 1.82) is 0 Å². The van der Waals surface area contributed by atoms with Gasteiger partial charge in [0.1, 0.15) is 0 Å². The molecular weight excluding hydrogens is 472 g/mol. The van der Waals surface area contributed by atoms with Crippen LogP contribution in [-0.4, -0.2) is 0 Å². The summed E-state index contributed by atoms with van der Waals surface area (Å²) < 4.78 is 2.23. The molecule has 0 amide bonds. The third kappa shape index (κ3) is 5.49. The molecule has 0 aromatic heterocycles. The molecule has 1 aliphatic rings. The Morgan fingerprint density at radius 3 is 1.36 bits per heavy atom. The SMILES string of the molecule is CCC(=C=C1CCCCC1=C=C(CC)c1ccc(Br)cc1)c1ccc(Br)cc1. The molecule has 0 N–H and O–H groups in total. The van der Waals surface area contributed by atoms with Crippen molar-refractivity contribution in [2.24, 2.45) is 0 Å². The van der Waals surface area contributed by atoms with E-state index >= 15 is 0 Å². The van der Waals surface area contributed by atoms with E-state index in [-0.39, 0.29) is 0 Å². The molecule has 0 heterocycles. The van der Waals surface area contributed by atoms with Gasteiger partial charge in [-0.25, -0.2) is 0 Å². The van der Waals surface area contributed by atoms with Gasteiger partial charge >= 0.3 is 0 Å². The van der Waals surface area contributed by atoms with E-state index in [1.54, 1.807) is 0 Å². The summed E-state index contributed by atoms with van der Waals surface area (Å²) >= 11 is 7.06. The summed E-state index contributed by atoms with van der Waals surface area (Å²) in [6.45, 7) is 4.43. The second kappa shape index (κ2) is 10.3. The maximum atomic E-state index is 3.78. The molecule has 0 bridgehead atoms. The van der Waals surface area contributed by atoms with Crippen LogP contribution in [0.15, 0.2) is 80.1 Å². The van der Waals surface area contributed by atoms with Crippen LogP contribution in [0, 0.1) is 0 Å². The summed E-state index contributed by atoms with van der Waals surface area (Å²) in [6.07, 6.45) is 6.64. The molecule has 0 unspecified atom stereocenters. The lowest BCUT2D eigenvalue weighted by atomic mass is 9.88. The summed E-state index contributed by atoms with van der Waals surface area (Å²) in [5, 5.41) is 0. The van der Waals surface area contributed by atoms with Crippen LogP contribution in [0.1, 0.15) is 63.5 Å². The summed E-state index contributed by atoms with van der Waals surface area (Å²) in [4.78, 5) is 0. The van der Waals surface area contributed by atoms with E-state index in [1.165, 1.54) is 46.3 Å². The molecular formula is C26H26Br2. The second-order valence-electron chi connectivity index (χ2n) is 7.09. The van der Waals surface area contributed by atoms with Crippen molar-refractivity contribution in [3.8, 4) is 0 Å². The fraction of sp³-hybridized carbons (Fsp3) is 0.308. The fourth-order valence-electron chi connectivity index (χ4n) is 3.58. The molecule has 0 radical (unpaired) electrons. The Morgan fingerprint density at radius 1 is 0.679 bits per heavy atom. The summed E-state index contributed by atoms with van der Waals surface area (Å²) in [5.74, 6) is 0. The number of benzene rings is 2. The molecule has 0 spiro atoms. The quantitative estimate of drug-likeness (QED) is 0.369. The maximum absolute atomic E-state index is 3.78. The van der Waals surface area contributed by atoms with Crippen molar-refractivity contribution >= 4 is 43.0 Å². The molecule has 0 saturated heterocycles. The number of hydrogen-bond acceptors (Lipinski definition) is 0. The Kier molecular flexibility index (Phi) is 7.77. The predicted octanol–water partition coefficient (Wildman–Crippen LogP) is 9.12. The lowest BCUT2D eigenvalue weighted by Crippen LogP contribution is -1.98. The van der Waals surface area contributed by atoms with Gasteiger partial charge < -0.3 is 0 Å². The first-order valence-corrected chi connectivity index (χ1v) is 11.7. The number of allylic oxidation sites excluding steroid dienone is 2. The van der Waals surface area contributed by atoms with Crippen molar-refractivity contribution in [3.05, 3.63) is 91.2 Å². The van der Waals surface area contributed by atoms with E-state index in [9.17, 15) is 0 Å². The third-order valence-corrected chi connectivity index (χ3v) is 6.22. The van der Waals surface area contributed by atoms with Crippen molar-refractivity contribution in [2.75, 3.05) is 0 Å². The van der Waals surface area contributed by atoms with Crippen molar-refractivity contribution in [3.63, 3.8) is 0 Å². The van der Waals surface area contributed by atoms with Crippen LogP contribution >= 0.6 is 31.9 Å². The molecule has 2 heteroatoms. The van der Waals surface area contributed by atoms with Crippen LogP contribution < -0.4 is 0 Å². The van der Waals surface area contributed by atoms with Gasteiger partial charge in [0.25, 0.3) is 0 Å². The highest BCUT2D eigenvalue weighted by Gasteiger charge is 2.13. The van der Waals surface area contributed by atoms with Gasteiger partial charge in [-0.1, -0.05) is 70.0 Å². The summed E-state index contributed by atoms with van der Waals surface area (Å²) in [6, 6.07) is 17.1. The van der Waals surface area contributed by atoms with Crippen LogP contribution in [0.5, 0.6) is 0 Å². The molecule has 3 rings (SSSR count). The first-order valence-electron chi connectivity index (χ1n) is 10.1. The van der Waals surface area contributed by atoms with E-state index in [2.05, 4.69) is 106 Å². The van der Waals surface area contributed by atoms with E-state index in [1.807, 2.05) is 0 Å². The van der Waals surface area contributed by atoms with Gasteiger partial charge in [0.15, 0.2) is 0 Å². The average molecular weight is 498 g/mol. The first kappa shape index (κ1) is 21.2. The molecule has 28 heavy (non-hydrogen) atoms. The van der Waals surface area contributed by atoms with Gasteiger partial charge in [-0.2, -0.15) is 0 Å². The standard InChI is InChI=1S/C26H26Br2/c1-3-19(21-9-13-25(27)14-10-21)17-23-7-5-6-8-24(23)18-20(4-2)22-11-15-26(28)16-12-22/h9-16H,3-8H2,1-2H3. The largest absolute Gasteiger partial charge is 0.112 e. The molecule has 0 atom stereocenters. The minimum absolute atomic E-state index is 0.982. The minimum Gasteiger partial charge on any atom is -0.112 e. The van der Waals surface area contributed by atoms with Gasteiger partial charge in [-0.05, 0) is 73.9 Å². The highest BCUT2D eigenvalue weighted by molar-refractivity contribution is 9.10. The topological polar surface area (TPSA) is 0 Å². The molecule has 144 valence electrons. The van der Waals surface area contributed by atoms with Gasteiger partial charge in [-0.3, -0.25) is 0 Å². The first-order chi connectivity index (χ1) is 13.6. The number of hydrogen-bond donors (Lipinski definition) is 0. The highest BCUT2D eigenvalue weighted by atomic mass is 79.9. The van der Waals surface area contributed by atoms with Crippen LogP contribution in [0.4, 0.5) is 0 Å². The normalized spacial score (nSPS) is 13.7. The molecule has 0 nitrogen and oxygen atoms in total. The average Bonchev–Trinajstić information content (AvgIpc) is 2.72. The lowest BCUT2D eigenvalue weighted by molar-refractivity contribution is 0.681. The predicted molar refractivity (Wildman–Crippen MR) is 128 cm³/mol. The zero-order chi connectivity index (χ0) is 19.9. The highest BCUT2D eigenvalue weighted by Crippen LogP contribution is 2.31. The molecule has 1 fully saturated rings.